The van der Waals surface area contributed by atoms with Gasteiger partial charge in [0.2, 0.25) is 0 Å². The number of hydrogen-bond acceptors (Lipinski definition) is 2. The molecule has 0 atom stereocenters. The standard InChI is InChI=1S/C17H21N3O/c21-16-18-17(19-20(16)15-4-2-1-3-5-15)13-7-11-6-12(9-13)10-14(17)8-11/h1-5,11-14,19H,6-10H2,(H,18,21). The largest absolute Gasteiger partial charge is 0.338 e. The minimum atomic E-state index is -0.180. The molecule has 1 aromatic carbocycles. The zero-order valence-electron chi connectivity index (χ0n) is 12.1. The molecule has 1 heterocycles. The van der Waals surface area contributed by atoms with E-state index in [0.29, 0.717) is 11.8 Å². The fraction of sp³-hybridized carbons (Fsp3) is 0.588. The Balaban J connectivity index is 1.50. The SMILES string of the molecule is O=C1NC2(NN1c1ccccc1)C1CC3CC(C1)CC2C3. The number of anilines is 1. The van der Waals surface area contributed by atoms with Crippen LogP contribution in [0, 0.1) is 23.7 Å². The lowest BCUT2D eigenvalue weighted by atomic mass is 9.51. The Morgan fingerprint density at radius 1 is 0.952 bits per heavy atom. The Kier molecular flexibility index (Phi) is 2.30. The minimum Gasteiger partial charge on any atom is -0.316 e. The molecule has 6 rings (SSSR count). The fourth-order valence-electron chi connectivity index (χ4n) is 5.57. The molecule has 2 amide bonds. The van der Waals surface area contributed by atoms with Crippen molar-refractivity contribution in [3.05, 3.63) is 30.3 Å². The molecule has 4 aliphatic carbocycles. The maximum absolute atomic E-state index is 12.5. The third-order valence-corrected chi connectivity index (χ3v) is 6.25. The number of urea groups is 1. The number of para-hydroxylation sites is 1. The van der Waals surface area contributed by atoms with Crippen molar-refractivity contribution in [1.82, 2.24) is 10.7 Å². The van der Waals surface area contributed by atoms with Crippen LogP contribution in [0.25, 0.3) is 0 Å². The first-order chi connectivity index (χ1) is 10.2. The summed E-state index contributed by atoms with van der Waals surface area (Å²) in [7, 11) is 0. The Labute approximate surface area is 124 Å². The van der Waals surface area contributed by atoms with Crippen LogP contribution in [0.2, 0.25) is 0 Å². The van der Waals surface area contributed by atoms with E-state index in [2.05, 4.69) is 10.7 Å². The van der Waals surface area contributed by atoms with Crippen molar-refractivity contribution < 1.29 is 4.79 Å². The molecule has 0 aromatic heterocycles. The predicted octanol–water partition coefficient (Wildman–Crippen LogP) is 2.87. The molecule has 4 bridgehead atoms. The Hall–Kier alpha value is -1.55. The quantitative estimate of drug-likeness (QED) is 0.832. The summed E-state index contributed by atoms with van der Waals surface area (Å²) in [5.74, 6) is 3.02. The summed E-state index contributed by atoms with van der Waals surface area (Å²) in [5, 5.41) is 5.06. The molecule has 110 valence electrons. The number of carbonyl (C=O) groups excluding carboxylic acids is 1. The molecule has 21 heavy (non-hydrogen) atoms. The summed E-state index contributed by atoms with van der Waals surface area (Å²) in [4.78, 5) is 12.5. The first-order valence-corrected chi connectivity index (χ1v) is 8.20. The van der Waals surface area contributed by atoms with Crippen molar-refractivity contribution in [2.75, 3.05) is 5.01 Å². The first-order valence-electron chi connectivity index (χ1n) is 8.20. The fourth-order valence-corrected chi connectivity index (χ4v) is 5.57. The summed E-state index contributed by atoms with van der Waals surface area (Å²) in [6.07, 6.45) is 6.55. The molecular formula is C17H21N3O. The molecular weight excluding hydrogens is 262 g/mol. The van der Waals surface area contributed by atoms with E-state index in [1.165, 1.54) is 32.1 Å². The van der Waals surface area contributed by atoms with Crippen LogP contribution in [0.3, 0.4) is 0 Å². The van der Waals surface area contributed by atoms with E-state index >= 15 is 0 Å². The summed E-state index contributed by atoms with van der Waals surface area (Å²) >= 11 is 0. The molecule has 4 heteroatoms. The van der Waals surface area contributed by atoms with Gasteiger partial charge in [-0.2, -0.15) is 5.43 Å². The van der Waals surface area contributed by atoms with E-state index in [9.17, 15) is 4.79 Å². The molecule has 5 fully saturated rings. The molecule has 1 spiro atoms. The van der Waals surface area contributed by atoms with Crippen molar-refractivity contribution in [3.8, 4) is 0 Å². The molecule has 1 saturated heterocycles. The smallest absolute Gasteiger partial charge is 0.316 e. The van der Waals surface area contributed by atoms with Gasteiger partial charge in [-0.25, -0.2) is 9.80 Å². The second kappa shape index (κ2) is 4.01. The summed E-state index contributed by atoms with van der Waals surface area (Å²) in [5.41, 5.74) is 4.34. The molecule has 4 nitrogen and oxygen atoms in total. The average Bonchev–Trinajstić information content (AvgIpc) is 2.84. The van der Waals surface area contributed by atoms with Crippen LogP contribution < -0.4 is 15.8 Å². The number of amides is 2. The monoisotopic (exact) mass is 283 g/mol. The molecule has 4 saturated carbocycles. The highest BCUT2D eigenvalue weighted by Crippen LogP contribution is 2.58. The minimum absolute atomic E-state index is 0.00803. The molecule has 1 aliphatic heterocycles. The van der Waals surface area contributed by atoms with Gasteiger partial charge in [-0.1, -0.05) is 18.2 Å². The van der Waals surface area contributed by atoms with Gasteiger partial charge in [0.15, 0.2) is 0 Å². The second-order valence-corrected chi connectivity index (χ2v) is 7.39. The van der Waals surface area contributed by atoms with E-state index < -0.39 is 0 Å². The number of carbonyl (C=O) groups is 1. The highest BCUT2D eigenvalue weighted by Gasteiger charge is 2.61. The van der Waals surface area contributed by atoms with E-state index in [1.807, 2.05) is 30.3 Å². The number of hydrazine groups is 1. The second-order valence-electron chi connectivity index (χ2n) is 7.39. The van der Waals surface area contributed by atoms with Gasteiger partial charge in [-0.15, -0.1) is 0 Å². The topological polar surface area (TPSA) is 44.4 Å². The van der Waals surface area contributed by atoms with Crippen molar-refractivity contribution in [3.63, 3.8) is 0 Å². The number of nitrogens with zero attached hydrogens (tertiary/aromatic N) is 1. The number of hydrogen-bond donors (Lipinski definition) is 2. The van der Waals surface area contributed by atoms with Crippen molar-refractivity contribution >= 4 is 11.7 Å². The van der Waals surface area contributed by atoms with Gasteiger partial charge in [0.25, 0.3) is 0 Å². The van der Waals surface area contributed by atoms with Crippen LogP contribution >= 0.6 is 0 Å². The maximum atomic E-state index is 12.5. The van der Waals surface area contributed by atoms with E-state index in [0.717, 1.165) is 17.5 Å². The lowest BCUT2D eigenvalue weighted by molar-refractivity contribution is -0.0745. The van der Waals surface area contributed by atoms with Crippen LogP contribution in [0.1, 0.15) is 32.1 Å². The van der Waals surface area contributed by atoms with Gasteiger partial charge in [0.05, 0.1) is 5.69 Å². The van der Waals surface area contributed by atoms with Crippen molar-refractivity contribution in [2.45, 2.75) is 37.8 Å². The maximum Gasteiger partial charge on any atom is 0.338 e. The van der Waals surface area contributed by atoms with Crippen LogP contribution in [0.15, 0.2) is 30.3 Å². The molecule has 0 unspecified atom stereocenters. The van der Waals surface area contributed by atoms with Gasteiger partial charge < -0.3 is 5.32 Å². The van der Waals surface area contributed by atoms with Crippen LogP contribution in [0.4, 0.5) is 10.5 Å². The predicted molar refractivity (Wildman–Crippen MR) is 80.4 cm³/mol. The first kappa shape index (κ1) is 12.0. The highest BCUT2D eigenvalue weighted by molar-refractivity contribution is 5.94. The summed E-state index contributed by atoms with van der Waals surface area (Å²) < 4.78 is 0. The molecule has 2 N–H and O–H groups in total. The van der Waals surface area contributed by atoms with Crippen LogP contribution in [0.5, 0.6) is 0 Å². The van der Waals surface area contributed by atoms with Crippen LogP contribution in [-0.2, 0) is 0 Å². The van der Waals surface area contributed by atoms with Gasteiger partial charge >= 0.3 is 6.03 Å². The number of nitrogens with one attached hydrogen (secondary N) is 2. The van der Waals surface area contributed by atoms with E-state index in [-0.39, 0.29) is 11.7 Å². The normalized spacial score (nSPS) is 43.6. The summed E-state index contributed by atoms with van der Waals surface area (Å²) in [6.45, 7) is 0. The average molecular weight is 283 g/mol. The summed E-state index contributed by atoms with van der Waals surface area (Å²) in [6, 6.07) is 9.92. The van der Waals surface area contributed by atoms with Gasteiger partial charge in [0.1, 0.15) is 5.66 Å². The molecule has 0 radical (unpaired) electrons. The van der Waals surface area contributed by atoms with Crippen molar-refractivity contribution in [1.29, 1.82) is 0 Å². The van der Waals surface area contributed by atoms with Gasteiger partial charge in [-0.3, -0.25) is 0 Å². The number of rotatable bonds is 1. The molecule has 5 aliphatic rings. The molecule has 1 aromatic rings. The Morgan fingerprint density at radius 2 is 1.57 bits per heavy atom. The highest BCUT2D eigenvalue weighted by atomic mass is 16.2. The lowest BCUT2D eigenvalue weighted by Gasteiger charge is -2.59. The van der Waals surface area contributed by atoms with E-state index in [4.69, 9.17) is 0 Å². The van der Waals surface area contributed by atoms with Gasteiger partial charge in [-0.05, 0) is 67.9 Å². The Bertz CT molecular complexity index is 557. The Morgan fingerprint density at radius 3 is 2.19 bits per heavy atom. The zero-order valence-corrected chi connectivity index (χ0v) is 12.1. The van der Waals surface area contributed by atoms with Crippen molar-refractivity contribution in [2.24, 2.45) is 23.7 Å². The van der Waals surface area contributed by atoms with Gasteiger partial charge in [0, 0.05) is 0 Å². The third-order valence-electron chi connectivity index (χ3n) is 6.25. The zero-order chi connectivity index (χ0) is 14.0. The lowest BCUT2D eigenvalue weighted by Crippen LogP contribution is -2.68. The third kappa shape index (κ3) is 1.57. The number of benzene rings is 1. The van der Waals surface area contributed by atoms with E-state index in [1.54, 1.807) is 5.01 Å². The van der Waals surface area contributed by atoms with Crippen LogP contribution in [-0.4, -0.2) is 11.7 Å².